The fourth-order valence-electron chi connectivity index (χ4n) is 6.73. The molecule has 0 aliphatic heterocycles. The molecule has 0 aromatic heterocycles. The molecule has 0 bridgehead atoms. The van der Waals surface area contributed by atoms with Gasteiger partial charge in [-0.25, -0.2) is 0 Å². The number of ether oxygens (including phenoxy) is 3. The fraction of sp³-hybridized carbons (Fsp3) is 0.784. The van der Waals surface area contributed by atoms with Crippen LogP contribution in [0.2, 0.25) is 0 Å². The van der Waals surface area contributed by atoms with E-state index in [-0.39, 0.29) is 37.5 Å². The van der Waals surface area contributed by atoms with Gasteiger partial charge in [0.05, 0.1) is 0 Å². The first kappa shape index (κ1) is 54.4. The van der Waals surface area contributed by atoms with Crippen LogP contribution < -0.4 is 0 Å². The van der Waals surface area contributed by atoms with Crippen molar-refractivity contribution in [2.45, 2.75) is 245 Å². The molecule has 0 aromatic carbocycles. The van der Waals surface area contributed by atoms with Crippen LogP contribution in [0.25, 0.3) is 0 Å². The van der Waals surface area contributed by atoms with E-state index in [2.05, 4.69) is 69.4 Å². The van der Waals surface area contributed by atoms with Gasteiger partial charge in [-0.15, -0.1) is 0 Å². The first-order valence-corrected chi connectivity index (χ1v) is 24.1. The second-order valence-corrected chi connectivity index (χ2v) is 16.0. The molecule has 0 aromatic rings. The lowest BCUT2D eigenvalue weighted by Gasteiger charge is -2.18. The Kier molecular flexibility index (Phi) is 43.9. The standard InChI is InChI=1S/C51H90O6/c1-4-7-10-13-16-19-22-25-26-27-30-33-36-39-42-45-51(54)57-48(46-55-49(52)43-40-37-34-31-28-23-20-17-14-11-8-5-2)47-56-50(53)44-41-38-35-32-29-24-21-18-15-12-9-6-3/h7,10,16,19,25-26,30,33,48H,4-6,8-9,11-15,17-18,20-24,27-29,31-32,34-47H2,1-3H3/b10-7-,19-16-,26-25-,33-30-. The molecule has 0 atom stereocenters. The van der Waals surface area contributed by atoms with Crippen LogP contribution in [0.15, 0.2) is 48.6 Å². The summed E-state index contributed by atoms with van der Waals surface area (Å²) < 4.78 is 16.7. The predicted molar refractivity (Wildman–Crippen MR) is 242 cm³/mol. The van der Waals surface area contributed by atoms with Gasteiger partial charge in [0.15, 0.2) is 6.10 Å². The second kappa shape index (κ2) is 46.1. The van der Waals surface area contributed by atoms with Crippen molar-refractivity contribution in [2.75, 3.05) is 13.2 Å². The van der Waals surface area contributed by atoms with Crippen molar-refractivity contribution in [3.8, 4) is 0 Å². The highest BCUT2D eigenvalue weighted by Gasteiger charge is 2.19. The Balaban J connectivity index is 4.44. The molecule has 0 saturated heterocycles. The first-order chi connectivity index (χ1) is 28.0. The molecule has 330 valence electrons. The monoisotopic (exact) mass is 799 g/mol. The summed E-state index contributed by atoms with van der Waals surface area (Å²) in [6.45, 7) is 6.48. The van der Waals surface area contributed by atoms with Gasteiger partial charge in [-0.3, -0.25) is 14.4 Å². The minimum Gasteiger partial charge on any atom is -0.462 e. The van der Waals surface area contributed by atoms with Crippen LogP contribution in [0.3, 0.4) is 0 Å². The van der Waals surface area contributed by atoms with Gasteiger partial charge in [0, 0.05) is 19.3 Å². The van der Waals surface area contributed by atoms with Crippen LogP contribution in [0, 0.1) is 0 Å². The van der Waals surface area contributed by atoms with Gasteiger partial charge in [0.2, 0.25) is 0 Å². The van der Waals surface area contributed by atoms with E-state index in [0.717, 1.165) is 77.0 Å². The molecule has 0 spiro atoms. The first-order valence-electron chi connectivity index (χ1n) is 24.1. The Hall–Kier alpha value is -2.63. The quantitative estimate of drug-likeness (QED) is 0.0265. The van der Waals surface area contributed by atoms with Crippen molar-refractivity contribution in [2.24, 2.45) is 0 Å². The number of carbonyl (C=O) groups is 3. The van der Waals surface area contributed by atoms with Crippen LogP contribution in [0.4, 0.5) is 0 Å². The van der Waals surface area contributed by atoms with Crippen molar-refractivity contribution in [1.82, 2.24) is 0 Å². The molecular formula is C51H90O6. The summed E-state index contributed by atoms with van der Waals surface area (Å²) in [5.41, 5.74) is 0. The SMILES string of the molecule is CC/C=C\C/C=C\C/C=C\C/C=C\CCCCC(=O)OC(COC(=O)CCCCCCCCCCCCCC)COC(=O)CCCCCCCCCCCCCC. The zero-order valence-electron chi connectivity index (χ0n) is 37.6. The Bertz CT molecular complexity index is 967. The third-order valence-electron chi connectivity index (χ3n) is 10.3. The molecule has 0 aliphatic rings. The van der Waals surface area contributed by atoms with E-state index in [1.807, 2.05) is 0 Å². The summed E-state index contributed by atoms with van der Waals surface area (Å²) in [6, 6.07) is 0. The van der Waals surface area contributed by atoms with Crippen LogP contribution in [-0.4, -0.2) is 37.2 Å². The smallest absolute Gasteiger partial charge is 0.306 e. The molecule has 0 unspecified atom stereocenters. The molecule has 0 N–H and O–H groups in total. The topological polar surface area (TPSA) is 78.9 Å². The summed E-state index contributed by atoms with van der Waals surface area (Å²) in [6.07, 6.45) is 53.8. The molecule has 6 heteroatoms. The number of esters is 3. The number of unbranched alkanes of at least 4 members (excludes halogenated alkanes) is 24. The van der Waals surface area contributed by atoms with Gasteiger partial charge in [-0.05, 0) is 57.8 Å². The number of allylic oxidation sites excluding steroid dienone is 8. The summed E-state index contributed by atoms with van der Waals surface area (Å²) in [4.78, 5) is 37.8. The fourth-order valence-corrected chi connectivity index (χ4v) is 6.73. The maximum atomic E-state index is 12.7. The van der Waals surface area contributed by atoms with Gasteiger partial charge in [-0.2, -0.15) is 0 Å². The third-order valence-corrected chi connectivity index (χ3v) is 10.3. The number of hydrogen-bond acceptors (Lipinski definition) is 6. The maximum Gasteiger partial charge on any atom is 0.306 e. The van der Waals surface area contributed by atoms with E-state index in [1.54, 1.807) is 0 Å². The van der Waals surface area contributed by atoms with E-state index in [4.69, 9.17) is 14.2 Å². The zero-order valence-corrected chi connectivity index (χ0v) is 37.6. The molecule has 0 fully saturated rings. The lowest BCUT2D eigenvalue weighted by atomic mass is 10.0. The molecule has 57 heavy (non-hydrogen) atoms. The highest BCUT2D eigenvalue weighted by atomic mass is 16.6. The van der Waals surface area contributed by atoms with Crippen molar-refractivity contribution in [3.63, 3.8) is 0 Å². The molecular weight excluding hydrogens is 709 g/mol. The van der Waals surface area contributed by atoms with E-state index in [0.29, 0.717) is 19.3 Å². The molecule has 0 aliphatic carbocycles. The molecule has 6 nitrogen and oxygen atoms in total. The van der Waals surface area contributed by atoms with Gasteiger partial charge < -0.3 is 14.2 Å². The number of carbonyl (C=O) groups excluding carboxylic acids is 3. The summed E-state index contributed by atoms with van der Waals surface area (Å²) in [5, 5.41) is 0. The third kappa shape index (κ3) is 44.3. The molecule has 0 heterocycles. The van der Waals surface area contributed by atoms with Crippen LogP contribution in [0.1, 0.15) is 239 Å². The summed E-state index contributed by atoms with van der Waals surface area (Å²) >= 11 is 0. The Morgan fingerprint density at radius 1 is 0.368 bits per heavy atom. The minimum atomic E-state index is -0.788. The summed E-state index contributed by atoms with van der Waals surface area (Å²) in [5.74, 6) is -0.924. The maximum absolute atomic E-state index is 12.7. The molecule has 0 amide bonds. The van der Waals surface area contributed by atoms with Crippen LogP contribution in [-0.2, 0) is 28.6 Å². The van der Waals surface area contributed by atoms with Gasteiger partial charge in [0.1, 0.15) is 13.2 Å². The molecule has 0 rings (SSSR count). The van der Waals surface area contributed by atoms with Crippen molar-refractivity contribution >= 4 is 17.9 Å². The highest BCUT2D eigenvalue weighted by molar-refractivity contribution is 5.71. The Morgan fingerprint density at radius 2 is 0.684 bits per heavy atom. The molecule has 0 saturated carbocycles. The zero-order chi connectivity index (χ0) is 41.5. The van der Waals surface area contributed by atoms with Crippen LogP contribution in [0.5, 0.6) is 0 Å². The highest BCUT2D eigenvalue weighted by Crippen LogP contribution is 2.15. The molecule has 0 radical (unpaired) electrons. The largest absolute Gasteiger partial charge is 0.462 e. The number of hydrogen-bond donors (Lipinski definition) is 0. The van der Waals surface area contributed by atoms with Crippen molar-refractivity contribution < 1.29 is 28.6 Å². The van der Waals surface area contributed by atoms with Gasteiger partial charge >= 0.3 is 17.9 Å². The van der Waals surface area contributed by atoms with E-state index in [9.17, 15) is 14.4 Å². The van der Waals surface area contributed by atoms with E-state index in [1.165, 1.54) is 116 Å². The van der Waals surface area contributed by atoms with Gasteiger partial charge in [0.25, 0.3) is 0 Å². The normalized spacial score (nSPS) is 11.9. The van der Waals surface area contributed by atoms with Crippen molar-refractivity contribution in [3.05, 3.63) is 48.6 Å². The lowest BCUT2D eigenvalue weighted by Crippen LogP contribution is -2.30. The average Bonchev–Trinajstić information content (AvgIpc) is 3.21. The van der Waals surface area contributed by atoms with E-state index >= 15 is 0 Å². The summed E-state index contributed by atoms with van der Waals surface area (Å²) in [7, 11) is 0. The van der Waals surface area contributed by atoms with Crippen molar-refractivity contribution in [1.29, 1.82) is 0 Å². The minimum absolute atomic E-state index is 0.0866. The van der Waals surface area contributed by atoms with E-state index < -0.39 is 6.10 Å². The average molecular weight is 799 g/mol. The van der Waals surface area contributed by atoms with Gasteiger partial charge in [-0.1, -0.05) is 211 Å². The Labute approximate surface area is 352 Å². The number of rotatable bonds is 43. The predicted octanol–water partition coefficient (Wildman–Crippen LogP) is 15.5. The lowest BCUT2D eigenvalue weighted by molar-refractivity contribution is -0.167. The Morgan fingerprint density at radius 3 is 1.07 bits per heavy atom. The second-order valence-electron chi connectivity index (χ2n) is 16.0. The van der Waals surface area contributed by atoms with Crippen LogP contribution >= 0.6 is 0 Å².